The first-order chi connectivity index (χ1) is 15.4. The van der Waals surface area contributed by atoms with Crippen LogP contribution in [0.1, 0.15) is 22.8 Å². The number of pyridine rings is 1. The van der Waals surface area contributed by atoms with Crippen molar-refractivity contribution in [3.05, 3.63) is 78.1 Å². The third-order valence-corrected chi connectivity index (χ3v) is 5.29. The molecule has 0 atom stereocenters. The Morgan fingerprint density at radius 1 is 1.06 bits per heavy atom. The van der Waals surface area contributed by atoms with Gasteiger partial charge < -0.3 is 14.8 Å². The number of nitrogens with one attached hydrogen (secondary N) is 1. The monoisotopic (exact) mass is 462 g/mol. The molecule has 0 aliphatic carbocycles. The zero-order valence-corrected chi connectivity index (χ0v) is 18.0. The highest BCUT2D eigenvalue weighted by atomic mass is 32.2. The zero-order valence-electron chi connectivity index (χ0n) is 17.2. The number of aromatic nitrogens is 1. The predicted molar refractivity (Wildman–Crippen MR) is 117 cm³/mol. The number of benzene rings is 2. The highest BCUT2D eigenvalue weighted by Gasteiger charge is 2.27. The van der Waals surface area contributed by atoms with Crippen LogP contribution in [-0.4, -0.2) is 29.4 Å². The molecule has 1 aromatic heterocycles. The van der Waals surface area contributed by atoms with E-state index < -0.39 is 17.8 Å². The number of carbonyl (C=O) groups is 1. The molecular weight excluding hydrogens is 441 g/mol. The molecule has 0 saturated heterocycles. The second kappa shape index (κ2) is 10.9. The molecule has 0 saturated carbocycles. The first-order valence-electron chi connectivity index (χ1n) is 9.74. The lowest BCUT2D eigenvalue weighted by atomic mass is 10.1. The molecule has 0 bridgehead atoms. The maximum Gasteiger partial charge on any atom is 0.398 e. The van der Waals surface area contributed by atoms with Crippen molar-refractivity contribution in [3.8, 4) is 11.5 Å². The van der Waals surface area contributed by atoms with E-state index in [0.29, 0.717) is 40.5 Å². The fourth-order valence-electron chi connectivity index (χ4n) is 2.73. The van der Waals surface area contributed by atoms with Gasteiger partial charge in [0, 0.05) is 28.4 Å². The van der Waals surface area contributed by atoms with Gasteiger partial charge in [-0.25, -0.2) is 0 Å². The molecule has 0 aliphatic rings. The molecule has 1 amide bonds. The van der Waals surface area contributed by atoms with E-state index in [4.69, 9.17) is 9.47 Å². The number of anilines is 1. The van der Waals surface area contributed by atoms with Gasteiger partial charge in [0.05, 0.1) is 18.0 Å². The SMILES string of the molecule is CCOc1cc(C(=O)Nc2ccccc2SCC(F)(F)F)ccc1OCc1cccnc1. The van der Waals surface area contributed by atoms with Crippen molar-refractivity contribution >= 4 is 23.4 Å². The van der Waals surface area contributed by atoms with E-state index in [-0.39, 0.29) is 12.2 Å². The summed E-state index contributed by atoms with van der Waals surface area (Å²) < 4.78 is 49.2. The summed E-state index contributed by atoms with van der Waals surface area (Å²) in [5.74, 6) is -0.654. The number of halogens is 3. The Kier molecular flexibility index (Phi) is 7.99. The van der Waals surface area contributed by atoms with Gasteiger partial charge in [0.2, 0.25) is 0 Å². The van der Waals surface area contributed by atoms with Crippen LogP contribution in [-0.2, 0) is 6.61 Å². The minimum atomic E-state index is -4.31. The van der Waals surface area contributed by atoms with Crippen molar-refractivity contribution in [2.45, 2.75) is 24.6 Å². The average molecular weight is 462 g/mol. The fraction of sp³-hybridized carbons (Fsp3) is 0.217. The van der Waals surface area contributed by atoms with E-state index in [2.05, 4.69) is 10.3 Å². The molecule has 0 spiro atoms. The van der Waals surface area contributed by atoms with Crippen LogP contribution in [0.2, 0.25) is 0 Å². The number of ether oxygens (including phenoxy) is 2. The van der Waals surface area contributed by atoms with Gasteiger partial charge in [-0.2, -0.15) is 13.2 Å². The van der Waals surface area contributed by atoms with Crippen LogP contribution in [0.25, 0.3) is 0 Å². The van der Waals surface area contributed by atoms with E-state index in [1.54, 1.807) is 54.9 Å². The van der Waals surface area contributed by atoms with Gasteiger partial charge in [-0.05, 0) is 43.3 Å². The number of nitrogens with zero attached hydrogens (tertiary/aromatic N) is 1. The third kappa shape index (κ3) is 6.91. The lowest BCUT2D eigenvalue weighted by Crippen LogP contribution is -2.14. The topological polar surface area (TPSA) is 60.5 Å². The molecule has 1 N–H and O–H groups in total. The van der Waals surface area contributed by atoms with Gasteiger partial charge in [0.25, 0.3) is 5.91 Å². The molecule has 168 valence electrons. The van der Waals surface area contributed by atoms with Crippen LogP contribution in [0.4, 0.5) is 18.9 Å². The molecule has 0 aliphatic heterocycles. The maximum absolute atomic E-state index is 12.8. The number of hydrogen-bond acceptors (Lipinski definition) is 5. The number of carbonyl (C=O) groups excluding carboxylic acids is 1. The number of para-hydroxylation sites is 1. The van der Waals surface area contributed by atoms with Gasteiger partial charge in [0.15, 0.2) is 11.5 Å². The molecule has 0 radical (unpaired) electrons. The Hall–Kier alpha value is -3.20. The zero-order chi connectivity index (χ0) is 23.0. The van der Waals surface area contributed by atoms with Crippen molar-refractivity contribution in [1.82, 2.24) is 4.98 Å². The number of amides is 1. The van der Waals surface area contributed by atoms with E-state index in [0.717, 1.165) is 5.56 Å². The van der Waals surface area contributed by atoms with Gasteiger partial charge in [-0.1, -0.05) is 18.2 Å². The summed E-state index contributed by atoms with van der Waals surface area (Å²) in [6.07, 6.45) is -0.946. The van der Waals surface area contributed by atoms with Gasteiger partial charge in [-0.15, -0.1) is 11.8 Å². The number of thioether (sulfide) groups is 1. The van der Waals surface area contributed by atoms with E-state index in [1.807, 2.05) is 13.0 Å². The molecule has 5 nitrogen and oxygen atoms in total. The number of rotatable bonds is 9. The summed E-state index contributed by atoms with van der Waals surface area (Å²) in [6, 6.07) is 14.8. The second-order valence-corrected chi connectivity index (χ2v) is 7.62. The summed E-state index contributed by atoms with van der Waals surface area (Å²) in [5.41, 5.74) is 1.48. The standard InChI is InChI=1S/C23H21F3N2O3S/c1-2-30-20-12-17(9-10-19(20)31-14-16-6-5-11-27-13-16)22(29)28-18-7-3-4-8-21(18)32-15-23(24,25)26/h3-13H,2,14-15H2,1H3,(H,28,29). The summed E-state index contributed by atoms with van der Waals surface area (Å²) >= 11 is 0.620. The molecular formula is C23H21F3N2O3S. The van der Waals surface area contributed by atoms with Crippen molar-refractivity contribution in [1.29, 1.82) is 0 Å². The van der Waals surface area contributed by atoms with Gasteiger partial charge >= 0.3 is 6.18 Å². The van der Waals surface area contributed by atoms with Crippen molar-refractivity contribution < 1.29 is 27.4 Å². The van der Waals surface area contributed by atoms with Crippen LogP contribution in [0.15, 0.2) is 71.9 Å². The van der Waals surface area contributed by atoms with Gasteiger partial charge in [0.1, 0.15) is 6.61 Å². The minimum Gasteiger partial charge on any atom is -0.490 e. The second-order valence-electron chi connectivity index (χ2n) is 6.60. The van der Waals surface area contributed by atoms with Crippen LogP contribution in [0, 0.1) is 0 Å². The molecule has 3 aromatic rings. The molecule has 2 aromatic carbocycles. The molecule has 0 unspecified atom stereocenters. The molecule has 9 heteroatoms. The highest BCUT2D eigenvalue weighted by molar-refractivity contribution is 7.99. The highest BCUT2D eigenvalue weighted by Crippen LogP contribution is 2.33. The summed E-state index contributed by atoms with van der Waals surface area (Å²) in [4.78, 5) is 17.1. The van der Waals surface area contributed by atoms with Crippen LogP contribution in [0.5, 0.6) is 11.5 Å². The lowest BCUT2D eigenvalue weighted by molar-refractivity contribution is -0.105. The smallest absolute Gasteiger partial charge is 0.398 e. The van der Waals surface area contributed by atoms with Gasteiger partial charge in [-0.3, -0.25) is 9.78 Å². The molecule has 3 rings (SSSR count). The Bertz CT molecular complexity index is 1050. The Morgan fingerprint density at radius 3 is 2.59 bits per heavy atom. The Balaban J connectivity index is 1.73. The largest absolute Gasteiger partial charge is 0.490 e. The van der Waals surface area contributed by atoms with Crippen LogP contribution < -0.4 is 14.8 Å². The lowest BCUT2D eigenvalue weighted by Gasteiger charge is -2.15. The molecule has 1 heterocycles. The average Bonchev–Trinajstić information content (AvgIpc) is 2.78. The quantitative estimate of drug-likeness (QED) is 0.397. The first kappa shape index (κ1) is 23.5. The van der Waals surface area contributed by atoms with Crippen molar-refractivity contribution in [3.63, 3.8) is 0 Å². The van der Waals surface area contributed by atoms with E-state index in [9.17, 15) is 18.0 Å². The van der Waals surface area contributed by atoms with Crippen molar-refractivity contribution in [2.24, 2.45) is 0 Å². The van der Waals surface area contributed by atoms with Crippen LogP contribution >= 0.6 is 11.8 Å². The summed E-state index contributed by atoms with van der Waals surface area (Å²) in [5, 5.41) is 2.68. The normalized spacial score (nSPS) is 11.1. The van der Waals surface area contributed by atoms with Crippen molar-refractivity contribution in [2.75, 3.05) is 17.7 Å². The van der Waals surface area contributed by atoms with E-state index in [1.165, 1.54) is 6.07 Å². The Morgan fingerprint density at radius 2 is 1.88 bits per heavy atom. The number of alkyl halides is 3. The summed E-state index contributed by atoms with van der Waals surface area (Å²) in [6.45, 7) is 2.46. The van der Waals surface area contributed by atoms with E-state index >= 15 is 0 Å². The third-order valence-electron chi connectivity index (χ3n) is 4.15. The molecule has 32 heavy (non-hydrogen) atoms. The van der Waals surface area contributed by atoms with Crippen LogP contribution in [0.3, 0.4) is 0 Å². The molecule has 0 fully saturated rings. The summed E-state index contributed by atoms with van der Waals surface area (Å²) in [7, 11) is 0. The number of hydrogen-bond donors (Lipinski definition) is 1. The fourth-order valence-corrected chi connectivity index (χ4v) is 3.50. The minimum absolute atomic E-state index is 0.281. The Labute approximate surface area is 188 Å². The predicted octanol–water partition coefficient (Wildman–Crippen LogP) is 5.97. The maximum atomic E-state index is 12.8. The first-order valence-corrected chi connectivity index (χ1v) is 10.7.